The second-order valence-corrected chi connectivity index (χ2v) is 6.00. The Balaban J connectivity index is 1.77. The molecule has 0 aliphatic heterocycles. The second kappa shape index (κ2) is 8.23. The molecule has 0 aromatic heterocycles. The predicted molar refractivity (Wildman–Crippen MR) is 102 cm³/mol. The fourth-order valence-electron chi connectivity index (χ4n) is 2.44. The van der Waals surface area contributed by atoms with Crippen LogP contribution in [-0.2, 0) is 0 Å². The van der Waals surface area contributed by atoms with E-state index in [1.807, 2.05) is 19.1 Å². The Morgan fingerprint density at radius 3 is 2.19 bits per heavy atom. The van der Waals surface area contributed by atoms with Crippen LogP contribution in [0.4, 0.5) is 4.39 Å². The van der Waals surface area contributed by atoms with Gasteiger partial charge in [-0.3, -0.25) is 4.79 Å². The first-order chi connectivity index (χ1) is 13.0. The quantitative estimate of drug-likeness (QED) is 0.270. The molecule has 0 atom stereocenters. The Bertz CT molecular complexity index is 987. The van der Waals surface area contributed by atoms with Crippen LogP contribution in [0.25, 0.3) is 6.08 Å². The highest BCUT2D eigenvalue weighted by Crippen LogP contribution is 2.21. The highest BCUT2D eigenvalue weighted by atomic mass is 19.1. The van der Waals surface area contributed by atoms with Crippen LogP contribution >= 0.6 is 0 Å². The summed E-state index contributed by atoms with van der Waals surface area (Å²) in [4.78, 5) is 24.5. The van der Waals surface area contributed by atoms with E-state index in [-0.39, 0.29) is 11.3 Å². The molecule has 134 valence electrons. The number of hydrogen-bond donors (Lipinski definition) is 0. The maximum Gasteiger partial charge on any atom is 0.343 e. The number of halogens is 1. The van der Waals surface area contributed by atoms with Gasteiger partial charge >= 0.3 is 5.97 Å². The third-order valence-electron chi connectivity index (χ3n) is 3.95. The molecule has 3 aromatic carbocycles. The average Bonchev–Trinajstić information content (AvgIpc) is 2.68. The standard InChI is InChI=1S/C23H17FO3/c1-16-6-8-17(9-7-16)21(25)15-12-18-4-2-3-5-22(18)27-23(26)19-10-13-20(24)14-11-19/h2-15H,1H3. The zero-order valence-electron chi connectivity index (χ0n) is 14.7. The van der Waals surface area contributed by atoms with Crippen LogP contribution in [0.1, 0.15) is 31.8 Å². The molecule has 27 heavy (non-hydrogen) atoms. The Labute approximate surface area is 156 Å². The first kappa shape index (κ1) is 18.3. The molecule has 0 heterocycles. The van der Waals surface area contributed by atoms with Crippen molar-refractivity contribution in [2.45, 2.75) is 6.92 Å². The van der Waals surface area contributed by atoms with Gasteiger partial charge in [0.05, 0.1) is 5.56 Å². The van der Waals surface area contributed by atoms with Gasteiger partial charge in [-0.1, -0.05) is 48.0 Å². The summed E-state index contributed by atoms with van der Waals surface area (Å²) in [6.45, 7) is 1.95. The smallest absolute Gasteiger partial charge is 0.343 e. The maximum absolute atomic E-state index is 13.0. The number of rotatable bonds is 5. The minimum absolute atomic E-state index is 0.144. The third kappa shape index (κ3) is 4.76. The van der Waals surface area contributed by atoms with Crippen LogP contribution < -0.4 is 4.74 Å². The molecule has 0 fully saturated rings. The topological polar surface area (TPSA) is 43.4 Å². The fourth-order valence-corrected chi connectivity index (χ4v) is 2.44. The van der Waals surface area contributed by atoms with Gasteiger partial charge < -0.3 is 4.74 Å². The van der Waals surface area contributed by atoms with Crippen molar-refractivity contribution < 1.29 is 18.7 Å². The van der Waals surface area contributed by atoms with Crippen LogP contribution in [0.5, 0.6) is 5.75 Å². The zero-order valence-corrected chi connectivity index (χ0v) is 14.7. The lowest BCUT2D eigenvalue weighted by molar-refractivity contribution is 0.0734. The number of ether oxygens (including phenoxy) is 1. The van der Waals surface area contributed by atoms with Crippen molar-refractivity contribution in [2.24, 2.45) is 0 Å². The third-order valence-corrected chi connectivity index (χ3v) is 3.95. The second-order valence-electron chi connectivity index (χ2n) is 6.00. The Morgan fingerprint density at radius 1 is 0.852 bits per heavy atom. The molecule has 3 rings (SSSR count). The molecule has 0 aliphatic rings. The van der Waals surface area contributed by atoms with E-state index in [0.29, 0.717) is 16.9 Å². The van der Waals surface area contributed by atoms with Gasteiger partial charge in [-0.05, 0) is 49.4 Å². The van der Waals surface area contributed by atoms with E-state index in [1.54, 1.807) is 42.5 Å². The van der Waals surface area contributed by atoms with E-state index in [4.69, 9.17) is 4.74 Å². The van der Waals surface area contributed by atoms with Gasteiger partial charge in [-0.15, -0.1) is 0 Å². The number of carbonyl (C=O) groups excluding carboxylic acids is 2. The summed E-state index contributed by atoms with van der Waals surface area (Å²) in [6.07, 6.45) is 3.05. The molecule has 0 radical (unpaired) electrons. The Kier molecular flexibility index (Phi) is 5.57. The lowest BCUT2D eigenvalue weighted by atomic mass is 10.1. The van der Waals surface area contributed by atoms with Crippen LogP contribution in [-0.4, -0.2) is 11.8 Å². The summed E-state index contributed by atoms with van der Waals surface area (Å²) in [6, 6.07) is 19.3. The van der Waals surface area contributed by atoms with Crippen LogP contribution in [0.2, 0.25) is 0 Å². The number of ketones is 1. The van der Waals surface area contributed by atoms with Gasteiger partial charge in [0.15, 0.2) is 5.78 Å². The van der Waals surface area contributed by atoms with Crippen LogP contribution in [0.3, 0.4) is 0 Å². The molecular weight excluding hydrogens is 343 g/mol. The van der Waals surface area contributed by atoms with E-state index < -0.39 is 11.8 Å². The normalized spacial score (nSPS) is 10.7. The molecule has 4 heteroatoms. The summed E-state index contributed by atoms with van der Waals surface area (Å²) in [5, 5.41) is 0. The summed E-state index contributed by atoms with van der Waals surface area (Å²) in [7, 11) is 0. The minimum Gasteiger partial charge on any atom is -0.422 e. The van der Waals surface area contributed by atoms with Crippen molar-refractivity contribution in [1.82, 2.24) is 0 Å². The maximum atomic E-state index is 13.0. The zero-order chi connectivity index (χ0) is 19.2. The molecule has 0 aliphatic carbocycles. The highest BCUT2D eigenvalue weighted by Gasteiger charge is 2.11. The van der Waals surface area contributed by atoms with Crippen molar-refractivity contribution in [3.05, 3.63) is 107 Å². The molecule has 0 saturated heterocycles. The van der Waals surface area contributed by atoms with Gasteiger partial charge in [-0.25, -0.2) is 9.18 Å². The number of aryl methyl sites for hydroxylation is 1. The first-order valence-electron chi connectivity index (χ1n) is 8.39. The van der Waals surface area contributed by atoms with Crippen LogP contribution in [0.15, 0.2) is 78.9 Å². The largest absolute Gasteiger partial charge is 0.422 e. The van der Waals surface area contributed by atoms with E-state index >= 15 is 0 Å². The van der Waals surface area contributed by atoms with Crippen molar-refractivity contribution in [3.63, 3.8) is 0 Å². The average molecular weight is 360 g/mol. The monoisotopic (exact) mass is 360 g/mol. The lowest BCUT2D eigenvalue weighted by Gasteiger charge is -2.07. The Hall–Kier alpha value is -3.53. The fraction of sp³-hybridized carbons (Fsp3) is 0.0435. The molecular formula is C23H17FO3. The van der Waals surface area contributed by atoms with E-state index in [9.17, 15) is 14.0 Å². The van der Waals surface area contributed by atoms with Crippen molar-refractivity contribution >= 4 is 17.8 Å². The van der Waals surface area contributed by atoms with Gasteiger partial charge in [0.2, 0.25) is 0 Å². The number of benzene rings is 3. The SMILES string of the molecule is Cc1ccc(C(=O)C=Cc2ccccc2OC(=O)c2ccc(F)cc2)cc1. The first-order valence-corrected chi connectivity index (χ1v) is 8.39. The Morgan fingerprint density at radius 2 is 1.48 bits per heavy atom. The summed E-state index contributed by atoms with van der Waals surface area (Å²) in [5.41, 5.74) is 2.49. The van der Waals surface area contributed by atoms with Gasteiger partial charge in [0.1, 0.15) is 11.6 Å². The van der Waals surface area contributed by atoms with Gasteiger partial charge in [0, 0.05) is 11.1 Å². The summed E-state index contributed by atoms with van der Waals surface area (Å²) < 4.78 is 18.4. The molecule has 0 bridgehead atoms. The number of allylic oxidation sites excluding steroid dienone is 1. The van der Waals surface area contributed by atoms with Crippen molar-refractivity contribution in [2.75, 3.05) is 0 Å². The van der Waals surface area contributed by atoms with Crippen molar-refractivity contribution in [3.8, 4) is 5.75 Å². The van der Waals surface area contributed by atoms with Gasteiger partial charge in [-0.2, -0.15) is 0 Å². The summed E-state index contributed by atoms with van der Waals surface area (Å²) in [5.74, 6) is -0.848. The number of para-hydroxylation sites is 1. The van der Waals surface area contributed by atoms with Crippen LogP contribution in [0, 0.1) is 12.7 Å². The molecule has 0 spiro atoms. The van der Waals surface area contributed by atoms with E-state index in [2.05, 4.69) is 0 Å². The molecule has 3 nitrogen and oxygen atoms in total. The molecule has 0 amide bonds. The number of carbonyl (C=O) groups is 2. The lowest BCUT2D eigenvalue weighted by Crippen LogP contribution is -2.09. The van der Waals surface area contributed by atoms with E-state index in [0.717, 1.165) is 5.56 Å². The molecule has 0 saturated carbocycles. The predicted octanol–water partition coefficient (Wildman–Crippen LogP) is 5.25. The molecule has 0 N–H and O–H groups in total. The summed E-state index contributed by atoms with van der Waals surface area (Å²) >= 11 is 0. The highest BCUT2D eigenvalue weighted by molar-refractivity contribution is 6.07. The number of esters is 1. The van der Waals surface area contributed by atoms with E-state index in [1.165, 1.54) is 30.3 Å². The minimum atomic E-state index is -0.597. The van der Waals surface area contributed by atoms with Gasteiger partial charge in [0.25, 0.3) is 0 Å². The van der Waals surface area contributed by atoms with Crippen molar-refractivity contribution in [1.29, 1.82) is 0 Å². The molecule has 3 aromatic rings. The molecule has 0 unspecified atom stereocenters. The number of hydrogen-bond acceptors (Lipinski definition) is 3.